The lowest BCUT2D eigenvalue weighted by molar-refractivity contribution is -0.141. The minimum atomic E-state index is -0.930. The average Bonchev–Trinajstić information content (AvgIpc) is 2.98. The van der Waals surface area contributed by atoms with E-state index in [0.29, 0.717) is 0 Å². The Hall–Kier alpha value is -3.08. The first-order valence-electron chi connectivity index (χ1n) is 7.97. The predicted molar refractivity (Wildman–Crippen MR) is 94.2 cm³/mol. The third kappa shape index (κ3) is 3.26. The van der Waals surface area contributed by atoms with Crippen molar-refractivity contribution in [1.82, 2.24) is 5.32 Å². The van der Waals surface area contributed by atoms with Crippen LogP contribution in [0.3, 0.4) is 0 Å². The molecule has 0 fully saturated rings. The number of amides is 1. The summed E-state index contributed by atoms with van der Waals surface area (Å²) in [6.07, 6.45) is 0.616. The van der Waals surface area contributed by atoms with Gasteiger partial charge in [-0.2, -0.15) is 0 Å². The first-order valence-corrected chi connectivity index (χ1v) is 7.97. The van der Waals surface area contributed by atoms with Gasteiger partial charge in [-0.25, -0.2) is 9.59 Å². The zero-order chi connectivity index (χ0) is 17.8. The van der Waals surface area contributed by atoms with E-state index in [1.165, 1.54) is 13.2 Å². The number of hydrogen-bond donors (Lipinski definition) is 1. The fraction of sp³-hybridized carbons (Fsp3) is 0.200. The standard InChI is InChI=1S/C20H19NO4/c1-3-18(19(22)24-2)21-20(23)25-12-17-15-10-6-4-8-13(15)14-9-5-7-11-16(14)17/h3-11,17-18H,1,12H2,2H3,(H,21,23). The highest BCUT2D eigenvalue weighted by Crippen LogP contribution is 2.44. The molecule has 0 radical (unpaired) electrons. The molecule has 1 atom stereocenters. The molecule has 0 saturated carbocycles. The Bertz CT molecular complexity index is 769. The lowest BCUT2D eigenvalue weighted by Crippen LogP contribution is -2.40. The van der Waals surface area contributed by atoms with Gasteiger partial charge in [0.2, 0.25) is 0 Å². The molecular formula is C20H19NO4. The number of rotatable bonds is 5. The smallest absolute Gasteiger partial charge is 0.408 e. The number of nitrogens with one attached hydrogen (secondary N) is 1. The van der Waals surface area contributed by atoms with Crippen molar-refractivity contribution >= 4 is 12.1 Å². The van der Waals surface area contributed by atoms with Crippen molar-refractivity contribution in [3.8, 4) is 11.1 Å². The molecule has 5 heteroatoms. The number of fused-ring (bicyclic) bond motifs is 3. The maximum atomic E-state index is 12.0. The Labute approximate surface area is 146 Å². The minimum absolute atomic E-state index is 0.0292. The van der Waals surface area contributed by atoms with E-state index in [-0.39, 0.29) is 12.5 Å². The predicted octanol–water partition coefficient (Wildman–Crippen LogP) is 3.25. The highest BCUT2D eigenvalue weighted by Gasteiger charge is 2.29. The number of hydrogen-bond acceptors (Lipinski definition) is 4. The van der Waals surface area contributed by atoms with Crippen molar-refractivity contribution in [3.63, 3.8) is 0 Å². The Morgan fingerprint density at radius 2 is 1.68 bits per heavy atom. The second-order valence-electron chi connectivity index (χ2n) is 5.71. The molecule has 128 valence electrons. The number of alkyl carbamates (subject to hydrolysis) is 1. The van der Waals surface area contributed by atoms with E-state index in [1.54, 1.807) is 0 Å². The van der Waals surface area contributed by atoms with E-state index < -0.39 is 18.1 Å². The van der Waals surface area contributed by atoms with Crippen LogP contribution in [-0.2, 0) is 14.3 Å². The monoisotopic (exact) mass is 337 g/mol. The van der Waals surface area contributed by atoms with Crippen molar-refractivity contribution in [1.29, 1.82) is 0 Å². The largest absolute Gasteiger partial charge is 0.467 e. The first kappa shape index (κ1) is 16.8. The van der Waals surface area contributed by atoms with Gasteiger partial charge in [-0.1, -0.05) is 54.6 Å². The SMILES string of the molecule is C=CC(NC(=O)OCC1c2ccccc2-c2ccccc21)C(=O)OC. The minimum Gasteiger partial charge on any atom is -0.467 e. The second kappa shape index (κ2) is 7.21. The van der Waals surface area contributed by atoms with Crippen LogP contribution in [0.25, 0.3) is 11.1 Å². The van der Waals surface area contributed by atoms with E-state index >= 15 is 0 Å². The summed E-state index contributed by atoms with van der Waals surface area (Å²) in [5, 5.41) is 2.44. The summed E-state index contributed by atoms with van der Waals surface area (Å²) in [5.74, 6) is -0.623. The van der Waals surface area contributed by atoms with Crippen molar-refractivity contribution < 1.29 is 19.1 Å². The highest BCUT2D eigenvalue weighted by molar-refractivity contribution is 5.83. The number of methoxy groups -OCH3 is 1. The fourth-order valence-corrected chi connectivity index (χ4v) is 3.11. The lowest BCUT2D eigenvalue weighted by atomic mass is 9.98. The van der Waals surface area contributed by atoms with E-state index in [1.807, 2.05) is 36.4 Å². The molecule has 0 bridgehead atoms. The summed E-state index contributed by atoms with van der Waals surface area (Å²) in [5.41, 5.74) is 4.57. The Morgan fingerprint density at radius 1 is 1.12 bits per heavy atom. The van der Waals surface area contributed by atoms with Crippen LogP contribution in [0.4, 0.5) is 4.79 Å². The quantitative estimate of drug-likeness (QED) is 0.672. The maximum Gasteiger partial charge on any atom is 0.408 e. The number of carbonyl (C=O) groups is 2. The van der Waals surface area contributed by atoms with E-state index in [2.05, 4.69) is 28.8 Å². The Balaban J connectivity index is 1.72. The molecule has 0 heterocycles. The van der Waals surface area contributed by atoms with Gasteiger partial charge in [-0.15, -0.1) is 6.58 Å². The van der Waals surface area contributed by atoms with Gasteiger partial charge in [-0.05, 0) is 22.3 Å². The molecule has 1 aliphatic carbocycles. The molecule has 5 nitrogen and oxygen atoms in total. The molecule has 0 saturated heterocycles. The zero-order valence-corrected chi connectivity index (χ0v) is 13.9. The van der Waals surface area contributed by atoms with E-state index in [4.69, 9.17) is 4.74 Å². The van der Waals surface area contributed by atoms with Crippen LogP contribution in [0, 0.1) is 0 Å². The van der Waals surface area contributed by atoms with Gasteiger partial charge in [0.1, 0.15) is 12.6 Å². The molecule has 0 spiro atoms. The lowest BCUT2D eigenvalue weighted by Gasteiger charge is -2.16. The van der Waals surface area contributed by atoms with Crippen molar-refractivity contribution in [2.45, 2.75) is 12.0 Å². The van der Waals surface area contributed by atoms with Gasteiger partial charge < -0.3 is 14.8 Å². The summed E-state index contributed by atoms with van der Waals surface area (Å²) in [6, 6.07) is 15.2. The molecule has 3 rings (SSSR count). The zero-order valence-electron chi connectivity index (χ0n) is 13.9. The normalized spacial score (nSPS) is 13.3. The van der Waals surface area contributed by atoms with Crippen LogP contribution >= 0.6 is 0 Å². The van der Waals surface area contributed by atoms with Crippen LogP contribution in [0.2, 0.25) is 0 Å². The Kier molecular flexibility index (Phi) is 4.84. The van der Waals surface area contributed by atoms with Crippen LogP contribution in [0.1, 0.15) is 17.0 Å². The summed E-state index contributed by atoms with van der Waals surface area (Å²) < 4.78 is 9.96. The number of esters is 1. The fourth-order valence-electron chi connectivity index (χ4n) is 3.11. The molecule has 2 aromatic rings. The van der Waals surface area contributed by atoms with Gasteiger partial charge in [0.25, 0.3) is 0 Å². The van der Waals surface area contributed by atoms with Crippen LogP contribution in [-0.4, -0.2) is 31.8 Å². The maximum absolute atomic E-state index is 12.0. The molecule has 25 heavy (non-hydrogen) atoms. The molecule has 1 aliphatic rings. The van der Waals surface area contributed by atoms with Crippen LogP contribution < -0.4 is 5.32 Å². The van der Waals surface area contributed by atoms with Gasteiger partial charge in [-0.3, -0.25) is 0 Å². The third-order valence-electron chi connectivity index (χ3n) is 4.31. The van der Waals surface area contributed by atoms with Gasteiger partial charge in [0.05, 0.1) is 7.11 Å². The summed E-state index contributed by atoms with van der Waals surface area (Å²) in [6.45, 7) is 3.69. The van der Waals surface area contributed by atoms with Crippen molar-refractivity contribution in [3.05, 3.63) is 72.3 Å². The molecule has 1 unspecified atom stereocenters. The first-order chi connectivity index (χ1) is 12.2. The molecule has 2 aromatic carbocycles. The third-order valence-corrected chi connectivity index (χ3v) is 4.31. The summed E-state index contributed by atoms with van der Waals surface area (Å²) >= 11 is 0. The van der Waals surface area contributed by atoms with Gasteiger partial charge in [0.15, 0.2) is 0 Å². The topological polar surface area (TPSA) is 64.6 Å². The molecule has 0 aliphatic heterocycles. The van der Waals surface area contributed by atoms with Crippen molar-refractivity contribution in [2.75, 3.05) is 13.7 Å². The van der Waals surface area contributed by atoms with Gasteiger partial charge in [0, 0.05) is 5.92 Å². The molecular weight excluding hydrogens is 318 g/mol. The number of ether oxygens (including phenoxy) is 2. The Morgan fingerprint density at radius 3 is 2.20 bits per heavy atom. The van der Waals surface area contributed by atoms with E-state index in [0.717, 1.165) is 22.3 Å². The molecule has 0 aromatic heterocycles. The van der Waals surface area contributed by atoms with Crippen molar-refractivity contribution in [2.24, 2.45) is 0 Å². The molecule has 1 N–H and O–H groups in total. The summed E-state index contributed by atoms with van der Waals surface area (Å²) in [7, 11) is 1.25. The van der Waals surface area contributed by atoms with Crippen LogP contribution in [0.15, 0.2) is 61.2 Å². The highest BCUT2D eigenvalue weighted by atomic mass is 16.6. The number of carbonyl (C=O) groups excluding carboxylic acids is 2. The van der Waals surface area contributed by atoms with Gasteiger partial charge >= 0.3 is 12.1 Å². The average molecular weight is 337 g/mol. The summed E-state index contributed by atoms with van der Waals surface area (Å²) in [4.78, 5) is 23.5. The molecule has 1 amide bonds. The van der Waals surface area contributed by atoms with Crippen LogP contribution in [0.5, 0.6) is 0 Å². The second-order valence-corrected chi connectivity index (χ2v) is 5.71. The van der Waals surface area contributed by atoms with E-state index in [9.17, 15) is 9.59 Å². The number of benzene rings is 2.